The second kappa shape index (κ2) is 6.95. The van der Waals surface area contributed by atoms with Gasteiger partial charge in [-0.2, -0.15) is 0 Å². The molecule has 1 aromatic carbocycles. The monoisotopic (exact) mass is 331 g/mol. The van der Waals surface area contributed by atoms with Gasteiger partial charge in [-0.25, -0.2) is 4.98 Å². The van der Waals surface area contributed by atoms with E-state index >= 15 is 0 Å². The Morgan fingerprint density at radius 3 is 2.91 bits per heavy atom. The molecule has 1 aromatic heterocycles. The van der Waals surface area contributed by atoms with Crippen LogP contribution in [0, 0.1) is 11.8 Å². The maximum atomic E-state index is 12.5. The Kier molecular flexibility index (Phi) is 4.95. The SMILES string of the molecule is CC(Sc1nc2ccccc2[nH]1)C(=O)NC1CCCC(C)C1C. The second-order valence-electron chi connectivity index (χ2n) is 6.70. The molecule has 1 aliphatic carbocycles. The number of nitrogens with zero attached hydrogens (tertiary/aromatic N) is 1. The lowest BCUT2D eigenvalue weighted by atomic mass is 9.78. The summed E-state index contributed by atoms with van der Waals surface area (Å²) in [5, 5.41) is 3.90. The van der Waals surface area contributed by atoms with E-state index in [1.807, 2.05) is 31.2 Å². The molecule has 4 atom stereocenters. The van der Waals surface area contributed by atoms with E-state index in [-0.39, 0.29) is 11.2 Å². The number of carbonyl (C=O) groups is 1. The van der Waals surface area contributed by atoms with Gasteiger partial charge in [-0.1, -0.05) is 50.6 Å². The highest BCUT2D eigenvalue weighted by atomic mass is 32.2. The minimum absolute atomic E-state index is 0.112. The molecule has 1 heterocycles. The third-order valence-corrected chi connectivity index (χ3v) is 6.04. The van der Waals surface area contributed by atoms with Gasteiger partial charge in [-0.3, -0.25) is 4.79 Å². The van der Waals surface area contributed by atoms with Crippen molar-refractivity contribution in [3.8, 4) is 0 Å². The van der Waals surface area contributed by atoms with Crippen molar-refractivity contribution in [1.82, 2.24) is 15.3 Å². The van der Waals surface area contributed by atoms with Crippen molar-refractivity contribution in [1.29, 1.82) is 0 Å². The molecule has 0 radical (unpaired) electrons. The molecule has 0 saturated heterocycles. The zero-order valence-corrected chi connectivity index (χ0v) is 14.8. The van der Waals surface area contributed by atoms with Gasteiger partial charge in [0, 0.05) is 6.04 Å². The molecule has 5 heteroatoms. The van der Waals surface area contributed by atoms with Crippen LogP contribution in [0.5, 0.6) is 0 Å². The molecular formula is C18H25N3OS. The van der Waals surface area contributed by atoms with E-state index in [4.69, 9.17) is 0 Å². The van der Waals surface area contributed by atoms with Crippen LogP contribution >= 0.6 is 11.8 Å². The summed E-state index contributed by atoms with van der Waals surface area (Å²) in [6.07, 6.45) is 3.58. The van der Waals surface area contributed by atoms with Crippen molar-refractivity contribution in [2.75, 3.05) is 0 Å². The first-order valence-electron chi connectivity index (χ1n) is 8.46. The molecule has 2 aromatic rings. The molecule has 1 amide bonds. The second-order valence-corrected chi connectivity index (χ2v) is 8.03. The minimum atomic E-state index is -0.153. The van der Waals surface area contributed by atoms with Gasteiger partial charge in [0.1, 0.15) is 0 Å². The standard InChI is InChI=1S/C18H25N3OS/c1-11-7-6-10-14(12(11)2)19-17(22)13(3)23-18-20-15-8-4-5-9-16(15)21-18/h4-5,8-9,11-14H,6-7,10H2,1-3H3,(H,19,22)(H,20,21). The summed E-state index contributed by atoms with van der Waals surface area (Å²) < 4.78 is 0. The molecule has 0 spiro atoms. The molecule has 4 unspecified atom stereocenters. The van der Waals surface area contributed by atoms with Crippen LogP contribution in [0.3, 0.4) is 0 Å². The van der Waals surface area contributed by atoms with Gasteiger partial charge in [0.15, 0.2) is 5.16 Å². The van der Waals surface area contributed by atoms with Gasteiger partial charge in [-0.05, 0) is 37.3 Å². The zero-order chi connectivity index (χ0) is 16.4. The predicted molar refractivity (Wildman–Crippen MR) is 95.5 cm³/mol. The molecule has 1 fully saturated rings. The maximum Gasteiger partial charge on any atom is 0.233 e. The van der Waals surface area contributed by atoms with E-state index in [1.54, 1.807) is 0 Å². The molecule has 0 bridgehead atoms. The quantitative estimate of drug-likeness (QED) is 0.833. The van der Waals surface area contributed by atoms with E-state index in [0.717, 1.165) is 22.6 Å². The number of hydrogen-bond acceptors (Lipinski definition) is 3. The predicted octanol–water partition coefficient (Wildman–Crippen LogP) is 3.98. The molecule has 1 saturated carbocycles. The number of amides is 1. The topological polar surface area (TPSA) is 57.8 Å². The number of H-pyrrole nitrogens is 1. The van der Waals surface area contributed by atoms with E-state index < -0.39 is 0 Å². The van der Waals surface area contributed by atoms with E-state index in [9.17, 15) is 4.79 Å². The van der Waals surface area contributed by atoms with Crippen LogP contribution in [0.1, 0.15) is 40.0 Å². The fourth-order valence-corrected chi connectivity index (χ4v) is 4.12. The number of carbonyl (C=O) groups excluding carboxylic acids is 1. The number of fused-ring (bicyclic) bond motifs is 1. The Labute approximate surface area is 141 Å². The van der Waals surface area contributed by atoms with Crippen molar-refractivity contribution < 1.29 is 4.79 Å². The van der Waals surface area contributed by atoms with Crippen molar-refractivity contribution in [3.05, 3.63) is 24.3 Å². The van der Waals surface area contributed by atoms with Gasteiger partial charge >= 0.3 is 0 Å². The molecular weight excluding hydrogens is 306 g/mol. The fraction of sp³-hybridized carbons (Fsp3) is 0.556. The van der Waals surface area contributed by atoms with E-state index in [0.29, 0.717) is 17.9 Å². The molecule has 1 aliphatic rings. The molecule has 2 N–H and O–H groups in total. The summed E-state index contributed by atoms with van der Waals surface area (Å²) in [6.45, 7) is 6.49. The van der Waals surface area contributed by atoms with Crippen LogP contribution in [0.4, 0.5) is 0 Å². The van der Waals surface area contributed by atoms with Gasteiger partial charge in [0.05, 0.1) is 16.3 Å². The molecule has 0 aliphatic heterocycles. The third-order valence-electron chi connectivity index (χ3n) is 5.06. The number of nitrogens with one attached hydrogen (secondary N) is 2. The fourth-order valence-electron chi connectivity index (χ4n) is 3.29. The van der Waals surface area contributed by atoms with Crippen molar-refractivity contribution in [3.63, 3.8) is 0 Å². The van der Waals surface area contributed by atoms with E-state index in [2.05, 4.69) is 29.1 Å². The molecule has 4 nitrogen and oxygen atoms in total. The number of para-hydroxylation sites is 2. The minimum Gasteiger partial charge on any atom is -0.352 e. The van der Waals surface area contributed by atoms with Crippen LogP contribution in [0.25, 0.3) is 11.0 Å². The molecule has 3 rings (SSSR count). The van der Waals surface area contributed by atoms with Gasteiger partial charge in [0.2, 0.25) is 5.91 Å². The first kappa shape index (κ1) is 16.4. The van der Waals surface area contributed by atoms with E-state index in [1.165, 1.54) is 24.6 Å². The number of benzene rings is 1. The number of imidazole rings is 1. The van der Waals surface area contributed by atoms with Crippen LogP contribution in [0.15, 0.2) is 29.4 Å². The number of aromatic amines is 1. The van der Waals surface area contributed by atoms with Crippen molar-refractivity contribution >= 4 is 28.7 Å². The Morgan fingerprint density at radius 1 is 1.35 bits per heavy atom. The average molecular weight is 331 g/mol. The summed E-state index contributed by atoms with van der Waals surface area (Å²) in [7, 11) is 0. The smallest absolute Gasteiger partial charge is 0.233 e. The highest BCUT2D eigenvalue weighted by Crippen LogP contribution is 2.30. The summed E-state index contributed by atoms with van der Waals surface area (Å²) in [5.74, 6) is 1.35. The number of thioether (sulfide) groups is 1. The first-order valence-corrected chi connectivity index (χ1v) is 9.34. The normalized spacial score (nSPS) is 26.1. The maximum absolute atomic E-state index is 12.5. The number of rotatable bonds is 4. The largest absolute Gasteiger partial charge is 0.352 e. The summed E-state index contributed by atoms with van der Waals surface area (Å²) >= 11 is 1.49. The average Bonchev–Trinajstić information content (AvgIpc) is 2.93. The summed E-state index contributed by atoms with van der Waals surface area (Å²) in [6, 6.07) is 8.24. The Bertz CT molecular complexity index is 651. The van der Waals surface area contributed by atoms with Crippen molar-refractivity contribution in [2.24, 2.45) is 11.8 Å². The summed E-state index contributed by atoms with van der Waals surface area (Å²) in [4.78, 5) is 20.3. The van der Waals surface area contributed by atoms with Crippen LogP contribution in [-0.2, 0) is 4.79 Å². The third kappa shape index (κ3) is 3.71. The van der Waals surface area contributed by atoms with Crippen LogP contribution in [-0.4, -0.2) is 27.2 Å². The van der Waals surface area contributed by atoms with Crippen molar-refractivity contribution in [2.45, 2.75) is 56.5 Å². The molecule has 23 heavy (non-hydrogen) atoms. The number of hydrogen-bond donors (Lipinski definition) is 2. The Morgan fingerprint density at radius 2 is 2.13 bits per heavy atom. The highest BCUT2D eigenvalue weighted by Gasteiger charge is 2.29. The first-order chi connectivity index (χ1) is 11.0. The van der Waals surface area contributed by atoms with Gasteiger partial charge < -0.3 is 10.3 Å². The van der Waals surface area contributed by atoms with Gasteiger partial charge in [0.25, 0.3) is 0 Å². The Hall–Kier alpha value is -1.49. The van der Waals surface area contributed by atoms with Crippen LogP contribution < -0.4 is 5.32 Å². The number of aromatic nitrogens is 2. The Balaban J connectivity index is 1.61. The van der Waals surface area contributed by atoms with Gasteiger partial charge in [-0.15, -0.1) is 0 Å². The summed E-state index contributed by atoms with van der Waals surface area (Å²) in [5.41, 5.74) is 1.95. The molecule has 124 valence electrons. The zero-order valence-electron chi connectivity index (χ0n) is 14.0. The lowest BCUT2D eigenvalue weighted by Gasteiger charge is -2.35. The lowest BCUT2D eigenvalue weighted by Crippen LogP contribution is -2.46. The lowest BCUT2D eigenvalue weighted by molar-refractivity contribution is -0.121. The highest BCUT2D eigenvalue weighted by molar-refractivity contribution is 8.00. The van der Waals surface area contributed by atoms with Crippen LogP contribution in [0.2, 0.25) is 0 Å².